The highest BCUT2D eigenvalue weighted by atomic mass is 16.3. The van der Waals surface area contributed by atoms with E-state index in [0.29, 0.717) is 17.6 Å². The molecule has 0 aliphatic heterocycles. The van der Waals surface area contributed by atoms with Crippen LogP contribution in [0.15, 0.2) is 47.0 Å². The molecule has 0 aliphatic rings. The maximum absolute atomic E-state index is 5.76. The van der Waals surface area contributed by atoms with Crippen molar-refractivity contribution in [3.05, 3.63) is 42.6 Å². The summed E-state index contributed by atoms with van der Waals surface area (Å²) in [6.45, 7) is 4.14. The Hall–Kier alpha value is -2.36. The van der Waals surface area contributed by atoms with Crippen LogP contribution in [0, 0.1) is 0 Å². The molecule has 0 amide bonds. The number of fused-ring (bicyclic) bond motifs is 1. The average molecular weight is 253 g/mol. The molecule has 0 unspecified atom stereocenters. The van der Waals surface area contributed by atoms with Gasteiger partial charge in [-0.2, -0.15) is 0 Å². The number of anilines is 1. The highest BCUT2D eigenvalue weighted by Crippen LogP contribution is 2.25. The van der Waals surface area contributed by atoms with Crippen LogP contribution < -0.4 is 5.32 Å². The fourth-order valence-corrected chi connectivity index (χ4v) is 1.95. The highest BCUT2D eigenvalue weighted by molar-refractivity contribution is 5.81. The quantitative estimate of drug-likeness (QED) is 0.773. The van der Waals surface area contributed by atoms with Crippen LogP contribution in [0.2, 0.25) is 0 Å². The number of aromatic nitrogens is 2. The average Bonchev–Trinajstić information content (AvgIpc) is 2.82. The van der Waals surface area contributed by atoms with Gasteiger partial charge >= 0.3 is 0 Å². The maximum atomic E-state index is 5.76. The molecular formula is C15H15N3O. The van der Waals surface area contributed by atoms with Crippen molar-refractivity contribution in [1.29, 1.82) is 0 Å². The van der Waals surface area contributed by atoms with Gasteiger partial charge < -0.3 is 9.73 Å². The van der Waals surface area contributed by atoms with Crippen molar-refractivity contribution in [2.45, 2.75) is 19.9 Å². The maximum Gasteiger partial charge on any atom is 0.197 e. The van der Waals surface area contributed by atoms with E-state index in [0.717, 1.165) is 16.8 Å². The number of benzene rings is 1. The minimum Gasteiger partial charge on any atom is -0.453 e. The normalized spacial score (nSPS) is 11.1. The van der Waals surface area contributed by atoms with Crippen molar-refractivity contribution in [2.75, 3.05) is 5.32 Å². The molecule has 4 heteroatoms. The minimum atomic E-state index is 0.332. The molecule has 0 atom stereocenters. The summed E-state index contributed by atoms with van der Waals surface area (Å²) < 4.78 is 5.76. The Kier molecular flexibility index (Phi) is 2.91. The molecule has 0 spiro atoms. The Morgan fingerprint density at radius 1 is 1.16 bits per heavy atom. The number of nitrogens with one attached hydrogen (secondary N) is 1. The lowest BCUT2D eigenvalue weighted by molar-refractivity contribution is 0.625. The van der Waals surface area contributed by atoms with Gasteiger partial charge in [-0.25, -0.2) is 9.97 Å². The molecule has 3 aromatic rings. The molecular weight excluding hydrogens is 238 g/mol. The Labute approximate surface area is 111 Å². The number of hydrogen-bond acceptors (Lipinski definition) is 4. The van der Waals surface area contributed by atoms with E-state index in [1.54, 1.807) is 6.20 Å². The van der Waals surface area contributed by atoms with Gasteiger partial charge in [0.2, 0.25) is 0 Å². The van der Waals surface area contributed by atoms with Crippen molar-refractivity contribution >= 4 is 16.8 Å². The molecule has 0 radical (unpaired) electrons. The van der Waals surface area contributed by atoms with Gasteiger partial charge in [-0.1, -0.05) is 18.2 Å². The first-order valence-corrected chi connectivity index (χ1v) is 6.31. The number of para-hydroxylation sites is 1. The van der Waals surface area contributed by atoms with Crippen molar-refractivity contribution < 1.29 is 4.42 Å². The third kappa shape index (κ3) is 2.42. The van der Waals surface area contributed by atoms with Gasteiger partial charge in [0.25, 0.3) is 0 Å². The van der Waals surface area contributed by atoms with Crippen molar-refractivity contribution in [2.24, 2.45) is 0 Å². The predicted octanol–water partition coefficient (Wildman–Crippen LogP) is 3.71. The number of nitrogens with zero attached hydrogens (tertiary/aromatic N) is 2. The molecule has 2 aromatic heterocycles. The van der Waals surface area contributed by atoms with Crippen LogP contribution in [0.1, 0.15) is 13.8 Å². The molecule has 0 saturated heterocycles. The molecule has 0 saturated carbocycles. The van der Waals surface area contributed by atoms with E-state index in [9.17, 15) is 0 Å². The Morgan fingerprint density at radius 2 is 2.00 bits per heavy atom. The van der Waals surface area contributed by atoms with Gasteiger partial charge in [-0.05, 0) is 32.0 Å². The molecule has 2 heterocycles. The van der Waals surface area contributed by atoms with Crippen LogP contribution in [0.3, 0.4) is 0 Å². The zero-order valence-corrected chi connectivity index (χ0v) is 10.9. The lowest BCUT2D eigenvalue weighted by Crippen LogP contribution is -2.11. The molecule has 3 rings (SSSR count). The summed E-state index contributed by atoms with van der Waals surface area (Å²) >= 11 is 0. The fourth-order valence-electron chi connectivity index (χ4n) is 1.95. The second-order valence-electron chi connectivity index (χ2n) is 4.71. The first kappa shape index (κ1) is 11.7. The molecule has 19 heavy (non-hydrogen) atoms. The van der Waals surface area contributed by atoms with Crippen LogP contribution in [-0.2, 0) is 0 Å². The Bertz CT molecular complexity index is 670. The molecule has 1 aromatic carbocycles. The van der Waals surface area contributed by atoms with Crippen LogP contribution >= 0.6 is 0 Å². The van der Waals surface area contributed by atoms with E-state index in [1.165, 1.54) is 0 Å². The highest BCUT2D eigenvalue weighted by Gasteiger charge is 2.09. The topological polar surface area (TPSA) is 51.0 Å². The second-order valence-corrected chi connectivity index (χ2v) is 4.71. The van der Waals surface area contributed by atoms with E-state index in [4.69, 9.17) is 4.42 Å². The van der Waals surface area contributed by atoms with Crippen LogP contribution in [0.25, 0.3) is 22.6 Å². The van der Waals surface area contributed by atoms with E-state index < -0.39 is 0 Å². The number of rotatable bonds is 3. The van der Waals surface area contributed by atoms with Crippen LogP contribution in [-0.4, -0.2) is 16.0 Å². The summed E-state index contributed by atoms with van der Waals surface area (Å²) in [5.41, 5.74) is 0.850. The van der Waals surface area contributed by atoms with Crippen LogP contribution in [0.4, 0.5) is 5.82 Å². The third-order valence-electron chi connectivity index (χ3n) is 2.74. The van der Waals surface area contributed by atoms with Gasteiger partial charge in [0, 0.05) is 17.6 Å². The summed E-state index contributed by atoms with van der Waals surface area (Å²) in [5.74, 6) is 2.09. The largest absolute Gasteiger partial charge is 0.453 e. The molecule has 0 aliphatic carbocycles. The standard InChI is InChI=1S/C15H15N3O/c1-10(2)17-14-7-8-16-15(18-14)13-9-11-5-3-4-6-12(11)19-13/h3-10H,1-2H3,(H,16,17,18). The molecule has 4 nitrogen and oxygen atoms in total. The van der Waals surface area contributed by atoms with E-state index in [2.05, 4.69) is 29.1 Å². The third-order valence-corrected chi connectivity index (χ3v) is 2.74. The summed E-state index contributed by atoms with van der Waals surface area (Å²) in [6, 6.07) is 12.0. The Balaban J connectivity index is 2.01. The summed E-state index contributed by atoms with van der Waals surface area (Å²) in [5, 5.41) is 4.31. The fraction of sp³-hybridized carbons (Fsp3) is 0.200. The van der Waals surface area contributed by atoms with Crippen molar-refractivity contribution in [3.8, 4) is 11.6 Å². The molecule has 0 bridgehead atoms. The molecule has 96 valence electrons. The van der Waals surface area contributed by atoms with Crippen LogP contribution in [0.5, 0.6) is 0 Å². The van der Waals surface area contributed by atoms with Gasteiger partial charge in [-0.3, -0.25) is 0 Å². The number of furan rings is 1. The smallest absolute Gasteiger partial charge is 0.197 e. The monoisotopic (exact) mass is 253 g/mol. The molecule has 0 fully saturated rings. The summed E-state index contributed by atoms with van der Waals surface area (Å²) in [7, 11) is 0. The lowest BCUT2D eigenvalue weighted by Gasteiger charge is -2.08. The lowest BCUT2D eigenvalue weighted by atomic mass is 10.2. The number of hydrogen-bond donors (Lipinski definition) is 1. The van der Waals surface area contributed by atoms with Crippen molar-refractivity contribution in [1.82, 2.24) is 9.97 Å². The summed E-state index contributed by atoms with van der Waals surface area (Å²) in [4.78, 5) is 8.73. The first-order chi connectivity index (χ1) is 9.22. The van der Waals surface area contributed by atoms with E-state index in [1.807, 2.05) is 36.4 Å². The second kappa shape index (κ2) is 4.72. The van der Waals surface area contributed by atoms with E-state index in [-0.39, 0.29) is 0 Å². The van der Waals surface area contributed by atoms with Gasteiger partial charge in [0.05, 0.1) is 0 Å². The minimum absolute atomic E-state index is 0.332. The van der Waals surface area contributed by atoms with Gasteiger partial charge in [0.1, 0.15) is 11.4 Å². The summed E-state index contributed by atoms with van der Waals surface area (Å²) in [6.07, 6.45) is 1.74. The van der Waals surface area contributed by atoms with E-state index >= 15 is 0 Å². The van der Waals surface area contributed by atoms with Crippen molar-refractivity contribution in [3.63, 3.8) is 0 Å². The van der Waals surface area contributed by atoms with Gasteiger partial charge in [0.15, 0.2) is 11.6 Å². The predicted molar refractivity (Wildman–Crippen MR) is 76.0 cm³/mol. The van der Waals surface area contributed by atoms with Gasteiger partial charge in [-0.15, -0.1) is 0 Å². The SMILES string of the molecule is CC(C)Nc1ccnc(-c2cc3ccccc3o2)n1. The molecule has 1 N–H and O–H groups in total. The Morgan fingerprint density at radius 3 is 2.79 bits per heavy atom. The zero-order valence-electron chi connectivity index (χ0n) is 10.9. The first-order valence-electron chi connectivity index (χ1n) is 6.31. The zero-order chi connectivity index (χ0) is 13.2.